The van der Waals surface area contributed by atoms with Crippen molar-refractivity contribution in [3.8, 4) is 0 Å². The third-order valence-electron chi connectivity index (χ3n) is 5.19. The monoisotopic (exact) mass is 462 g/mol. The zero-order chi connectivity index (χ0) is 23.5. The van der Waals surface area contributed by atoms with Crippen LogP contribution in [-0.4, -0.2) is 56.7 Å². The van der Waals surface area contributed by atoms with Gasteiger partial charge in [-0.05, 0) is 57.0 Å². The molecular weight excluding hydrogens is 432 g/mol. The minimum absolute atomic E-state index is 0.0126. The Labute approximate surface area is 188 Å². The quantitative estimate of drug-likeness (QED) is 0.684. The number of benzene rings is 2. The van der Waals surface area contributed by atoms with Gasteiger partial charge >= 0.3 is 12.1 Å². The van der Waals surface area contributed by atoms with E-state index in [9.17, 15) is 18.0 Å². The number of carbonyl (C=O) groups excluding carboxylic acids is 2. The van der Waals surface area contributed by atoms with Gasteiger partial charge in [-0.25, -0.2) is 17.9 Å². The minimum Gasteiger partial charge on any atom is -0.466 e. The number of fused-ring (bicyclic) bond motifs is 1. The second-order valence-electron chi connectivity index (χ2n) is 8.81. The number of hydrogen-bond donors (Lipinski definition) is 1. The van der Waals surface area contributed by atoms with Crippen molar-refractivity contribution in [1.82, 2.24) is 9.62 Å². The van der Waals surface area contributed by atoms with Crippen LogP contribution in [0.1, 0.15) is 34.1 Å². The lowest BCUT2D eigenvalue weighted by molar-refractivity contribution is -0.150. The lowest BCUT2D eigenvalue weighted by atomic mass is 9.93. The predicted molar refractivity (Wildman–Crippen MR) is 121 cm³/mol. The van der Waals surface area contributed by atoms with E-state index in [4.69, 9.17) is 9.47 Å². The molecule has 1 amide bonds. The Morgan fingerprint density at radius 2 is 1.81 bits per heavy atom. The van der Waals surface area contributed by atoms with E-state index in [1.54, 1.807) is 45.9 Å². The number of piperidine rings is 1. The van der Waals surface area contributed by atoms with Crippen molar-refractivity contribution in [2.45, 2.75) is 50.7 Å². The van der Waals surface area contributed by atoms with E-state index in [1.807, 2.05) is 24.3 Å². The van der Waals surface area contributed by atoms with Crippen LogP contribution >= 0.6 is 0 Å². The minimum atomic E-state index is -3.89. The van der Waals surface area contributed by atoms with Crippen LogP contribution in [0.2, 0.25) is 0 Å². The molecule has 1 aliphatic heterocycles. The average molecular weight is 463 g/mol. The molecule has 0 spiro atoms. The van der Waals surface area contributed by atoms with Gasteiger partial charge < -0.3 is 14.4 Å². The fraction of sp³-hybridized carbons (Fsp3) is 0.478. The summed E-state index contributed by atoms with van der Waals surface area (Å²) in [6, 6.07) is 11.7. The SMILES string of the molecule is CCOC(=O)[C@H]1CN(C(=O)OC(C)(C)C)CC[C@H]1NS(=O)(=O)c1ccc2ccccc2c1. The van der Waals surface area contributed by atoms with Gasteiger partial charge in [0, 0.05) is 19.1 Å². The van der Waals surface area contributed by atoms with Crippen LogP contribution in [0, 0.1) is 5.92 Å². The number of sulfonamides is 1. The van der Waals surface area contributed by atoms with E-state index in [1.165, 1.54) is 4.90 Å². The first-order valence-electron chi connectivity index (χ1n) is 10.7. The molecule has 0 radical (unpaired) electrons. The lowest BCUT2D eigenvalue weighted by Crippen LogP contribution is -2.55. The number of carbonyl (C=O) groups is 2. The maximum absolute atomic E-state index is 13.1. The van der Waals surface area contributed by atoms with Crippen LogP contribution in [0.3, 0.4) is 0 Å². The molecule has 1 fully saturated rings. The number of amides is 1. The molecule has 9 heteroatoms. The third-order valence-corrected chi connectivity index (χ3v) is 6.68. The highest BCUT2D eigenvalue weighted by atomic mass is 32.2. The van der Waals surface area contributed by atoms with Crippen LogP contribution in [0.15, 0.2) is 47.4 Å². The Morgan fingerprint density at radius 3 is 2.47 bits per heavy atom. The number of esters is 1. The Kier molecular flexibility index (Phi) is 7.09. The molecule has 1 N–H and O–H groups in total. The molecule has 0 unspecified atom stereocenters. The molecule has 0 aromatic heterocycles. The van der Waals surface area contributed by atoms with Crippen molar-refractivity contribution in [1.29, 1.82) is 0 Å². The number of hydrogen-bond acceptors (Lipinski definition) is 6. The molecule has 1 aliphatic rings. The second-order valence-corrected chi connectivity index (χ2v) is 10.5. The van der Waals surface area contributed by atoms with Crippen molar-refractivity contribution >= 4 is 32.9 Å². The maximum Gasteiger partial charge on any atom is 0.410 e. The van der Waals surface area contributed by atoms with Crippen molar-refractivity contribution in [2.75, 3.05) is 19.7 Å². The number of ether oxygens (including phenoxy) is 2. The lowest BCUT2D eigenvalue weighted by Gasteiger charge is -2.37. The molecule has 32 heavy (non-hydrogen) atoms. The Bertz CT molecular complexity index is 1090. The summed E-state index contributed by atoms with van der Waals surface area (Å²) in [6.45, 7) is 7.40. The summed E-state index contributed by atoms with van der Waals surface area (Å²) in [4.78, 5) is 26.7. The average Bonchev–Trinajstić information content (AvgIpc) is 2.72. The second kappa shape index (κ2) is 9.46. The van der Waals surface area contributed by atoms with Crippen molar-refractivity contribution < 1.29 is 27.5 Å². The summed E-state index contributed by atoms with van der Waals surface area (Å²) in [6.07, 6.45) is -0.280. The largest absolute Gasteiger partial charge is 0.466 e. The Morgan fingerprint density at radius 1 is 1.12 bits per heavy atom. The molecular formula is C23H30N2O6S. The summed E-state index contributed by atoms with van der Waals surface area (Å²) in [5.41, 5.74) is -0.676. The van der Waals surface area contributed by atoms with Gasteiger partial charge in [0.15, 0.2) is 0 Å². The molecule has 0 aliphatic carbocycles. The van der Waals surface area contributed by atoms with E-state index in [0.29, 0.717) is 0 Å². The van der Waals surface area contributed by atoms with E-state index in [0.717, 1.165) is 10.8 Å². The summed E-state index contributed by atoms with van der Waals surface area (Å²) in [7, 11) is -3.89. The van der Waals surface area contributed by atoms with Crippen LogP contribution in [0.5, 0.6) is 0 Å². The zero-order valence-electron chi connectivity index (χ0n) is 18.8. The van der Waals surface area contributed by atoms with Gasteiger partial charge in [0.05, 0.1) is 17.4 Å². The van der Waals surface area contributed by atoms with E-state index >= 15 is 0 Å². The van der Waals surface area contributed by atoms with Crippen LogP contribution in [-0.2, 0) is 24.3 Å². The molecule has 0 bridgehead atoms. The summed E-state index contributed by atoms with van der Waals surface area (Å²) in [5.74, 6) is -1.39. The molecule has 0 saturated carbocycles. The molecule has 174 valence electrons. The van der Waals surface area contributed by atoms with Gasteiger partial charge in [-0.3, -0.25) is 4.79 Å². The van der Waals surface area contributed by atoms with Gasteiger partial charge in [0.25, 0.3) is 0 Å². The molecule has 2 aromatic rings. The fourth-order valence-electron chi connectivity index (χ4n) is 3.68. The van der Waals surface area contributed by atoms with Crippen molar-refractivity contribution in [2.24, 2.45) is 5.92 Å². The molecule has 1 heterocycles. The van der Waals surface area contributed by atoms with E-state index in [2.05, 4.69) is 4.72 Å². The Balaban J connectivity index is 1.81. The first-order valence-corrected chi connectivity index (χ1v) is 12.1. The normalized spacial score (nSPS) is 19.6. The highest BCUT2D eigenvalue weighted by Crippen LogP contribution is 2.24. The van der Waals surface area contributed by atoms with Gasteiger partial charge in [-0.2, -0.15) is 0 Å². The number of nitrogens with zero attached hydrogens (tertiary/aromatic N) is 1. The molecule has 8 nitrogen and oxygen atoms in total. The maximum atomic E-state index is 13.1. The number of likely N-dealkylation sites (tertiary alicyclic amines) is 1. The predicted octanol–water partition coefficient (Wildman–Crippen LogP) is 3.31. The molecule has 2 atom stereocenters. The fourth-order valence-corrected chi connectivity index (χ4v) is 5.02. The summed E-state index contributed by atoms with van der Waals surface area (Å²) < 4.78 is 39.4. The molecule has 3 rings (SSSR count). The highest BCUT2D eigenvalue weighted by molar-refractivity contribution is 7.89. The van der Waals surface area contributed by atoms with Gasteiger partial charge in [0.1, 0.15) is 5.60 Å². The van der Waals surface area contributed by atoms with Crippen LogP contribution in [0.4, 0.5) is 4.79 Å². The van der Waals surface area contributed by atoms with E-state index in [-0.39, 0.29) is 31.0 Å². The smallest absolute Gasteiger partial charge is 0.410 e. The van der Waals surface area contributed by atoms with Crippen molar-refractivity contribution in [3.63, 3.8) is 0 Å². The third kappa shape index (κ3) is 5.77. The first-order chi connectivity index (χ1) is 15.0. The highest BCUT2D eigenvalue weighted by Gasteiger charge is 2.40. The number of nitrogens with one attached hydrogen (secondary N) is 1. The standard InChI is InChI=1S/C23H30N2O6S/c1-5-30-21(26)19-15-25(22(27)31-23(2,3)4)13-12-20(19)24-32(28,29)18-11-10-16-8-6-7-9-17(16)14-18/h6-11,14,19-20,24H,5,12-13,15H2,1-4H3/t19-,20+/m0/s1. The zero-order valence-corrected chi connectivity index (χ0v) is 19.6. The van der Waals surface area contributed by atoms with Gasteiger partial charge in [-0.15, -0.1) is 0 Å². The van der Waals surface area contributed by atoms with E-state index < -0.39 is 39.6 Å². The van der Waals surface area contributed by atoms with Gasteiger partial charge in [-0.1, -0.05) is 30.3 Å². The van der Waals surface area contributed by atoms with Crippen LogP contribution in [0.25, 0.3) is 10.8 Å². The molecule has 2 aromatic carbocycles. The van der Waals surface area contributed by atoms with Crippen molar-refractivity contribution in [3.05, 3.63) is 42.5 Å². The summed E-state index contributed by atoms with van der Waals surface area (Å²) in [5, 5.41) is 1.73. The summed E-state index contributed by atoms with van der Waals surface area (Å²) >= 11 is 0. The topological polar surface area (TPSA) is 102 Å². The van der Waals surface area contributed by atoms with Crippen LogP contribution < -0.4 is 4.72 Å². The Hall–Kier alpha value is -2.65. The molecule has 1 saturated heterocycles. The number of rotatable bonds is 5. The first kappa shape index (κ1) is 24.0. The van der Waals surface area contributed by atoms with Gasteiger partial charge in [0.2, 0.25) is 10.0 Å².